The van der Waals surface area contributed by atoms with Gasteiger partial charge < -0.3 is 9.47 Å². The molecule has 0 aliphatic carbocycles. The molecule has 22 heavy (non-hydrogen) atoms. The smallest absolute Gasteiger partial charge is 0.341 e. The van der Waals surface area contributed by atoms with Gasteiger partial charge in [0.15, 0.2) is 0 Å². The summed E-state index contributed by atoms with van der Waals surface area (Å²) in [5, 5.41) is 4.91. The molecule has 1 aromatic heterocycles. The molecule has 0 saturated carbocycles. The van der Waals surface area contributed by atoms with Crippen LogP contribution in [0.15, 0.2) is 24.4 Å². The van der Waals surface area contributed by atoms with E-state index in [4.69, 9.17) is 27.9 Å². The van der Waals surface area contributed by atoms with Gasteiger partial charge in [0.2, 0.25) is 0 Å². The van der Waals surface area contributed by atoms with Crippen LogP contribution in [0.3, 0.4) is 0 Å². The highest BCUT2D eigenvalue weighted by Crippen LogP contribution is 2.26. The predicted octanol–water partition coefficient (Wildman–Crippen LogP) is 2.68. The zero-order valence-corrected chi connectivity index (χ0v) is 13.3. The Morgan fingerprint density at radius 3 is 2.55 bits per heavy atom. The highest BCUT2D eigenvalue weighted by atomic mass is 35.5. The Kier molecular flexibility index (Phi) is 5.05. The van der Waals surface area contributed by atoms with Gasteiger partial charge in [0.05, 0.1) is 43.2 Å². The molecule has 0 bridgehead atoms. The summed E-state index contributed by atoms with van der Waals surface area (Å²) in [6.07, 6.45) is 1.16. The van der Waals surface area contributed by atoms with Crippen molar-refractivity contribution in [3.8, 4) is 5.69 Å². The van der Waals surface area contributed by atoms with Crippen LogP contribution in [0.2, 0.25) is 10.0 Å². The molecule has 2 rings (SSSR count). The fraction of sp³-hybridized carbons (Fsp3) is 0.214. The summed E-state index contributed by atoms with van der Waals surface area (Å²) >= 11 is 12.0. The normalized spacial score (nSPS) is 10.4. The van der Waals surface area contributed by atoms with Crippen molar-refractivity contribution in [1.29, 1.82) is 0 Å². The van der Waals surface area contributed by atoms with E-state index >= 15 is 0 Å². The van der Waals surface area contributed by atoms with Crippen molar-refractivity contribution in [2.24, 2.45) is 0 Å². The number of hydrogen-bond donors (Lipinski definition) is 0. The number of carbonyl (C=O) groups is 2. The zero-order valence-electron chi connectivity index (χ0n) is 11.8. The molecule has 0 fully saturated rings. The molecule has 0 aliphatic rings. The summed E-state index contributed by atoms with van der Waals surface area (Å²) in [6.45, 7) is 0. The lowest BCUT2D eigenvalue weighted by molar-refractivity contribution is -0.139. The standard InChI is InChI=1S/C14H12Cl2N2O4/c1-21-13(19)6-12-9(14(20)22-2)7-17-18(12)11-4-3-8(15)5-10(11)16/h3-5,7H,6H2,1-2H3. The second-order valence-electron chi connectivity index (χ2n) is 4.26. The van der Waals surface area contributed by atoms with Crippen molar-refractivity contribution < 1.29 is 19.1 Å². The van der Waals surface area contributed by atoms with E-state index in [1.165, 1.54) is 25.1 Å². The van der Waals surface area contributed by atoms with Crippen LogP contribution in [-0.2, 0) is 20.7 Å². The number of benzene rings is 1. The number of ether oxygens (including phenoxy) is 2. The summed E-state index contributed by atoms with van der Waals surface area (Å²) in [5.74, 6) is -1.12. The molecule has 0 radical (unpaired) electrons. The van der Waals surface area contributed by atoms with Crippen LogP contribution < -0.4 is 0 Å². The number of hydrogen-bond acceptors (Lipinski definition) is 5. The van der Waals surface area contributed by atoms with Gasteiger partial charge in [0.1, 0.15) is 5.56 Å². The summed E-state index contributed by atoms with van der Waals surface area (Å²) in [5.41, 5.74) is 0.974. The number of carbonyl (C=O) groups excluding carboxylic acids is 2. The Bertz CT molecular complexity index is 728. The van der Waals surface area contributed by atoms with Gasteiger partial charge in [0, 0.05) is 5.02 Å². The van der Waals surface area contributed by atoms with Crippen molar-refractivity contribution in [1.82, 2.24) is 9.78 Å². The predicted molar refractivity (Wildman–Crippen MR) is 80.6 cm³/mol. The first-order chi connectivity index (χ1) is 10.5. The third-order valence-electron chi connectivity index (χ3n) is 2.95. The molecule has 116 valence electrons. The van der Waals surface area contributed by atoms with Gasteiger partial charge in [0.25, 0.3) is 0 Å². The fourth-order valence-electron chi connectivity index (χ4n) is 1.89. The number of esters is 2. The van der Waals surface area contributed by atoms with E-state index in [0.29, 0.717) is 21.4 Å². The molecule has 0 saturated heterocycles. The monoisotopic (exact) mass is 342 g/mol. The Morgan fingerprint density at radius 1 is 1.23 bits per heavy atom. The Hall–Kier alpha value is -2.05. The molecule has 0 N–H and O–H groups in total. The first-order valence-electron chi connectivity index (χ1n) is 6.15. The average Bonchev–Trinajstić information content (AvgIpc) is 2.89. The van der Waals surface area contributed by atoms with Crippen LogP contribution in [0.4, 0.5) is 0 Å². The lowest BCUT2D eigenvalue weighted by Gasteiger charge is -2.10. The molecule has 0 atom stereocenters. The minimum absolute atomic E-state index is 0.153. The van der Waals surface area contributed by atoms with Crippen molar-refractivity contribution in [2.75, 3.05) is 14.2 Å². The molecule has 0 aliphatic heterocycles. The number of nitrogens with zero attached hydrogens (tertiary/aromatic N) is 2. The van der Waals surface area contributed by atoms with Gasteiger partial charge in [-0.15, -0.1) is 0 Å². The van der Waals surface area contributed by atoms with E-state index in [0.717, 1.165) is 0 Å². The van der Waals surface area contributed by atoms with Gasteiger partial charge in [-0.3, -0.25) is 4.79 Å². The number of methoxy groups -OCH3 is 2. The molecular formula is C14H12Cl2N2O4. The summed E-state index contributed by atoms with van der Waals surface area (Å²) in [7, 11) is 2.51. The molecule has 0 amide bonds. The summed E-state index contributed by atoms with van der Waals surface area (Å²) in [4.78, 5) is 23.4. The van der Waals surface area contributed by atoms with E-state index in [1.54, 1.807) is 18.2 Å². The van der Waals surface area contributed by atoms with Crippen molar-refractivity contribution in [3.05, 3.63) is 45.7 Å². The van der Waals surface area contributed by atoms with E-state index in [2.05, 4.69) is 9.84 Å². The van der Waals surface area contributed by atoms with Crippen LogP contribution in [-0.4, -0.2) is 35.9 Å². The molecule has 2 aromatic rings. The van der Waals surface area contributed by atoms with E-state index in [-0.39, 0.29) is 12.0 Å². The third kappa shape index (κ3) is 3.23. The number of halogens is 2. The zero-order chi connectivity index (χ0) is 16.3. The molecule has 1 aromatic carbocycles. The molecule has 8 heteroatoms. The first-order valence-corrected chi connectivity index (χ1v) is 6.91. The SMILES string of the molecule is COC(=O)Cc1c(C(=O)OC)cnn1-c1ccc(Cl)cc1Cl. The molecule has 1 heterocycles. The number of rotatable bonds is 4. The van der Waals surface area contributed by atoms with Crippen LogP contribution in [0.25, 0.3) is 5.69 Å². The largest absolute Gasteiger partial charge is 0.469 e. The lowest BCUT2D eigenvalue weighted by Crippen LogP contribution is -2.14. The van der Waals surface area contributed by atoms with Crippen LogP contribution in [0.5, 0.6) is 0 Å². The summed E-state index contributed by atoms with van der Waals surface area (Å²) in [6, 6.07) is 4.81. The minimum Gasteiger partial charge on any atom is -0.469 e. The Labute approximate surface area is 136 Å². The summed E-state index contributed by atoms with van der Waals surface area (Å²) < 4.78 is 10.7. The van der Waals surface area contributed by atoms with Gasteiger partial charge in [-0.25, -0.2) is 9.48 Å². The maximum atomic E-state index is 11.8. The molecule has 0 unspecified atom stereocenters. The fourth-order valence-corrected chi connectivity index (χ4v) is 2.38. The van der Waals surface area contributed by atoms with Crippen LogP contribution in [0, 0.1) is 0 Å². The quantitative estimate of drug-likeness (QED) is 0.799. The highest BCUT2D eigenvalue weighted by molar-refractivity contribution is 6.35. The van der Waals surface area contributed by atoms with Crippen molar-refractivity contribution in [2.45, 2.75) is 6.42 Å². The second kappa shape index (κ2) is 6.81. The van der Waals surface area contributed by atoms with Crippen molar-refractivity contribution in [3.63, 3.8) is 0 Å². The van der Waals surface area contributed by atoms with Crippen LogP contribution >= 0.6 is 23.2 Å². The third-order valence-corrected chi connectivity index (χ3v) is 3.49. The van der Waals surface area contributed by atoms with Gasteiger partial charge in [-0.2, -0.15) is 5.10 Å². The van der Waals surface area contributed by atoms with Gasteiger partial charge in [-0.05, 0) is 18.2 Å². The second-order valence-corrected chi connectivity index (χ2v) is 5.10. The van der Waals surface area contributed by atoms with E-state index in [1.807, 2.05) is 0 Å². The molecule has 6 nitrogen and oxygen atoms in total. The van der Waals surface area contributed by atoms with Gasteiger partial charge >= 0.3 is 11.9 Å². The molecular weight excluding hydrogens is 331 g/mol. The lowest BCUT2D eigenvalue weighted by atomic mass is 10.2. The number of aromatic nitrogens is 2. The maximum absolute atomic E-state index is 11.8. The minimum atomic E-state index is -0.602. The van der Waals surface area contributed by atoms with E-state index < -0.39 is 11.9 Å². The molecule has 0 spiro atoms. The van der Waals surface area contributed by atoms with E-state index in [9.17, 15) is 9.59 Å². The van der Waals surface area contributed by atoms with Gasteiger partial charge in [-0.1, -0.05) is 23.2 Å². The maximum Gasteiger partial charge on any atom is 0.341 e. The average molecular weight is 343 g/mol. The Balaban J connectivity index is 2.57. The highest BCUT2D eigenvalue weighted by Gasteiger charge is 2.22. The Morgan fingerprint density at radius 2 is 1.95 bits per heavy atom. The van der Waals surface area contributed by atoms with Crippen molar-refractivity contribution >= 4 is 35.1 Å². The first kappa shape index (κ1) is 16.3. The van der Waals surface area contributed by atoms with Crippen LogP contribution in [0.1, 0.15) is 16.1 Å². The topological polar surface area (TPSA) is 70.4 Å².